The van der Waals surface area contributed by atoms with Gasteiger partial charge in [0.25, 0.3) is 5.91 Å². The molecule has 0 aromatic carbocycles. The Hall–Kier alpha value is -1.32. The molecule has 1 N–H and O–H groups in total. The predicted molar refractivity (Wildman–Crippen MR) is 66.9 cm³/mol. The second-order valence-corrected chi connectivity index (χ2v) is 5.07. The van der Waals surface area contributed by atoms with Crippen LogP contribution < -0.4 is 5.32 Å². The molecule has 1 atom stereocenters. The van der Waals surface area contributed by atoms with E-state index in [-0.39, 0.29) is 17.4 Å². The molecule has 1 heterocycles. The van der Waals surface area contributed by atoms with Crippen molar-refractivity contribution in [3.63, 3.8) is 0 Å². The van der Waals surface area contributed by atoms with Crippen LogP contribution in [0.1, 0.15) is 57.3 Å². The van der Waals surface area contributed by atoms with Gasteiger partial charge in [-0.05, 0) is 18.8 Å². The first-order chi connectivity index (χ1) is 7.90. The first-order valence-corrected chi connectivity index (χ1v) is 6.17. The summed E-state index contributed by atoms with van der Waals surface area (Å²) >= 11 is 0. The molecule has 1 rings (SSSR count). The quantitative estimate of drug-likeness (QED) is 0.858. The molecule has 0 spiro atoms. The van der Waals surface area contributed by atoms with Crippen LogP contribution in [0.25, 0.3) is 0 Å². The van der Waals surface area contributed by atoms with Crippen molar-refractivity contribution >= 4 is 5.91 Å². The molecule has 0 fully saturated rings. The Kier molecular flexibility index (Phi) is 4.32. The lowest BCUT2D eigenvalue weighted by Gasteiger charge is -2.30. The Bertz CT molecular complexity index is 383. The Balaban J connectivity index is 2.66. The van der Waals surface area contributed by atoms with E-state index in [2.05, 4.69) is 31.2 Å². The summed E-state index contributed by atoms with van der Waals surface area (Å²) in [6.45, 7) is 10.4. The van der Waals surface area contributed by atoms with Gasteiger partial charge in [-0.2, -0.15) is 0 Å². The summed E-state index contributed by atoms with van der Waals surface area (Å²) in [6, 6.07) is 1.79. The maximum Gasteiger partial charge on any atom is 0.273 e. The topological polar surface area (TPSA) is 55.1 Å². The molecule has 17 heavy (non-hydrogen) atoms. The summed E-state index contributed by atoms with van der Waals surface area (Å²) in [5, 5.41) is 6.72. The van der Waals surface area contributed by atoms with Crippen LogP contribution in [0, 0.1) is 5.41 Å². The van der Waals surface area contributed by atoms with Crippen LogP contribution in [-0.4, -0.2) is 17.1 Å². The Morgan fingerprint density at radius 2 is 2.18 bits per heavy atom. The smallest absolute Gasteiger partial charge is 0.273 e. The molecule has 0 aliphatic heterocycles. The summed E-state index contributed by atoms with van der Waals surface area (Å²) in [5.41, 5.74) is 0.438. The van der Waals surface area contributed by atoms with Gasteiger partial charge in [0.1, 0.15) is 5.76 Å². The van der Waals surface area contributed by atoms with Crippen molar-refractivity contribution < 1.29 is 9.32 Å². The van der Waals surface area contributed by atoms with E-state index >= 15 is 0 Å². The lowest BCUT2D eigenvalue weighted by atomic mass is 9.83. The van der Waals surface area contributed by atoms with Crippen LogP contribution in [0.3, 0.4) is 0 Å². The number of nitrogens with one attached hydrogen (secondary N) is 1. The molecule has 1 unspecified atom stereocenters. The number of aryl methyl sites for hydroxylation is 1. The summed E-state index contributed by atoms with van der Waals surface area (Å²) in [7, 11) is 0. The molecule has 1 aromatic heterocycles. The fraction of sp³-hybridized carbons (Fsp3) is 0.692. The van der Waals surface area contributed by atoms with Crippen LogP contribution in [0.2, 0.25) is 0 Å². The normalized spacial score (nSPS) is 13.5. The van der Waals surface area contributed by atoms with Crippen LogP contribution in [0.4, 0.5) is 0 Å². The van der Waals surface area contributed by atoms with Gasteiger partial charge < -0.3 is 9.84 Å². The average Bonchev–Trinajstić information content (AvgIpc) is 2.77. The van der Waals surface area contributed by atoms with Crippen molar-refractivity contribution in [1.29, 1.82) is 0 Å². The van der Waals surface area contributed by atoms with Gasteiger partial charge >= 0.3 is 0 Å². The summed E-state index contributed by atoms with van der Waals surface area (Å²) in [4.78, 5) is 11.9. The fourth-order valence-corrected chi connectivity index (χ4v) is 1.36. The predicted octanol–water partition coefficient (Wildman–Crippen LogP) is 2.79. The van der Waals surface area contributed by atoms with E-state index < -0.39 is 0 Å². The van der Waals surface area contributed by atoms with Crippen LogP contribution in [0.5, 0.6) is 0 Å². The molecule has 0 saturated carbocycles. The minimum Gasteiger partial charge on any atom is -0.361 e. The molecule has 1 amide bonds. The zero-order valence-electron chi connectivity index (χ0n) is 11.3. The Morgan fingerprint density at radius 3 is 2.65 bits per heavy atom. The Labute approximate surface area is 103 Å². The van der Waals surface area contributed by atoms with Crippen molar-refractivity contribution in [2.24, 2.45) is 5.41 Å². The molecule has 0 saturated heterocycles. The van der Waals surface area contributed by atoms with Crippen LogP contribution in [-0.2, 0) is 6.42 Å². The molecule has 4 nitrogen and oxygen atoms in total. The minimum atomic E-state index is -0.164. The van der Waals surface area contributed by atoms with Crippen molar-refractivity contribution in [3.05, 3.63) is 17.5 Å². The number of carbonyl (C=O) groups excluding carboxylic acids is 1. The third-order valence-corrected chi connectivity index (χ3v) is 3.57. The molecule has 1 aromatic rings. The highest BCUT2D eigenvalue weighted by Gasteiger charge is 2.26. The van der Waals surface area contributed by atoms with E-state index in [4.69, 9.17) is 4.52 Å². The van der Waals surface area contributed by atoms with E-state index in [1.54, 1.807) is 6.07 Å². The van der Waals surface area contributed by atoms with Gasteiger partial charge in [0, 0.05) is 18.5 Å². The molecule has 96 valence electrons. The number of rotatable bonds is 5. The number of aromatic nitrogens is 1. The van der Waals surface area contributed by atoms with Gasteiger partial charge in [-0.15, -0.1) is 0 Å². The van der Waals surface area contributed by atoms with Gasteiger partial charge in [-0.25, -0.2) is 0 Å². The van der Waals surface area contributed by atoms with Crippen molar-refractivity contribution in [2.75, 3.05) is 0 Å². The second kappa shape index (κ2) is 5.34. The average molecular weight is 238 g/mol. The molecule has 0 aliphatic rings. The summed E-state index contributed by atoms with van der Waals surface area (Å²) < 4.78 is 5.02. The minimum absolute atomic E-state index is 0.0764. The SMILES string of the molecule is CCc1cc(C(=O)NC(C)C(C)(C)CC)no1. The van der Waals surface area contributed by atoms with Gasteiger partial charge in [-0.3, -0.25) is 4.79 Å². The van der Waals surface area contributed by atoms with Gasteiger partial charge in [-0.1, -0.05) is 32.9 Å². The molecular weight excluding hydrogens is 216 g/mol. The molecule has 4 heteroatoms. The number of nitrogens with zero attached hydrogens (tertiary/aromatic N) is 1. The molecule has 0 bridgehead atoms. The maximum absolute atomic E-state index is 11.9. The largest absolute Gasteiger partial charge is 0.361 e. The lowest BCUT2D eigenvalue weighted by Crippen LogP contribution is -2.42. The standard InChI is InChI=1S/C13H22N2O2/c1-6-10-8-11(15-17-10)12(16)14-9(3)13(4,5)7-2/h8-9H,6-7H2,1-5H3,(H,14,16). The highest BCUT2D eigenvalue weighted by molar-refractivity contribution is 5.92. The third-order valence-electron chi connectivity index (χ3n) is 3.57. The zero-order chi connectivity index (χ0) is 13.1. The summed E-state index contributed by atoms with van der Waals surface area (Å²) in [6.07, 6.45) is 1.75. The van der Waals surface area contributed by atoms with E-state index in [1.165, 1.54) is 0 Å². The first-order valence-electron chi connectivity index (χ1n) is 6.17. The second-order valence-electron chi connectivity index (χ2n) is 5.07. The molecule has 0 aliphatic carbocycles. The highest BCUT2D eigenvalue weighted by atomic mass is 16.5. The first kappa shape index (κ1) is 13.7. The number of hydrogen-bond donors (Lipinski definition) is 1. The van der Waals surface area contributed by atoms with Crippen molar-refractivity contribution in [1.82, 2.24) is 10.5 Å². The molecule has 0 radical (unpaired) electrons. The third kappa shape index (κ3) is 3.32. The highest BCUT2D eigenvalue weighted by Crippen LogP contribution is 2.24. The van der Waals surface area contributed by atoms with Crippen LogP contribution >= 0.6 is 0 Å². The Morgan fingerprint density at radius 1 is 1.53 bits per heavy atom. The number of carbonyl (C=O) groups is 1. The fourth-order valence-electron chi connectivity index (χ4n) is 1.36. The van der Waals surface area contributed by atoms with Gasteiger partial charge in [0.2, 0.25) is 0 Å². The van der Waals surface area contributed by atoms with Crippen molar-refractivity contribution in [3.8, 4) is 0 Å². The zero-order valence-corrected chi connectivity index (χ0v) is 11.3. The lowest BCUT2D eigenvalue weighted by molar-refractivity contribution is 0.0892. The van der Waals surface area contributed by atoms with E-state index in [0.29, 0.717) is 5.69 Å². The van der Waals surface area contributed by atoms with Crippen molar-refractivity contribution in [2.45, 2.75) is 53.5 Å². The molecular formula is C13H22N2O2. The van der Waals surface area contributed by atoms with Gasteiger partial charge in [0.15, 0.2) is 5.69 Å². The monoisotopic (exact) mass is 238 g/mol. The number of hydrogen-bond acceptors (Lipinski definition) is 3. The maximum atomic E-state index is 11.9. The van der Waals surface area contributed by atoms with E-state index in [0.717, 1.165) is 18.6 Å². The van der Waals surface area contributed by atoms with Crippen LogP contribution in [0.15, 0.2) is 10.6 Å². The van der Waals surface area contributed by atoms with E-state index in [1.807, 2.05) is 13.8 Å². The summed E-state index contributed by atoms with van der Waals surface area (Å²) in [5.74, 6) is 0.569. The van der Waals surface area contributed by atoms with Gasteiger partial charge in [0.05, 0.1) is 0 Å². The number of amides is 1. The van der Waals surface area contributed by atoms with E-state index in [9.17, 15) is 4.79 Å².